The van der Waals surface area contributed by atoms with Gasteiger partial charge in [0.25, 0.3) is 0 Å². The zero-order valence-corrected chi connectivity index (χ0v) is 14.7. The fraction of sp³-hybridized carbons (Fsp3) is 1.00. The van der Waals surface area contributed by atoms with Gasteiger partial charge < -0.3 is 4.90 Å². The van der Waals surface area contributed by atoms with Gasteiger partial charge in [-0.05, 0) is 56.7 Å². The monoisotopic (exact) mass is 304 g/mol. The standard InChI is InChI=1S/C15H32N2O2S/c1-15(2,3)14-8-6-10-17(12-9-14)11-7-13-20(18,19)16(4)5/h14H,6-13H2,1-5H3. The van der Waals surface area contributed by atoms with E-state index in [1.54, 1.807) is 14.1 Å². The molecule has 0 N–H and O–H groups in total. The molecule has 0 radical (unpaired) electrons. The van der Waals surface area contributed by atoms with Crippen molar-refractivity contribution >= 4 is 10.0 Å². The number of nitrogens with zero attached hydrogens (tertiary/aromatic N) is 2. The molecule has 1 fully saturated rings. The fourth-order valence-corrected chi connectivity index (χ4v) is 3.76. The molecule has 1 atom stereocenters. The summed E-state index contributed by atoms with van der Waals surface area (Å²) in [6, 6.07) is 0. The predicted octanol–water partition coefficient (Wildman–Crippen LogP) is 2.42. The van der Waals surface area contributed by atoms with Crippen LogP contribution >= 0.6 is 0 Å². The van der Waals surface area contributed by atoms with Crippen molar-refractivity contribution in [2.75, 3.05) is 39.5 Å². The van der Waals surface area contributed by atoms with Gasteiger partial charge in [0.1, 0.15) is 0 Å². The number of hydrogen-bond acceptors (Lipinski definition) is 3. The lowest BCUT2D eigenvalue weighted by atomic mass is 9.77. The maximum atomic E-state index is 11.7. The topological polar surface area (TPSA) is 40.6 Å². The lowest BCUT2D eigenvalue weighted by molar-refractivity contribution is 0.208. The molecular formula is C15H32N2O2S. The van der Waals surface area contributed by atoms with E-state index in [0.717, 1.165) is 32.0 Å². The Morgan fingerprint density at radius 2 is 1.80 bits per heavy atom. The van der Waals surface area contributed by atoms with Crippen LogP contribution in [0, 0.1) is 11.3 Å². The van der Waals surface area contributed by atoms with Crippen LogP contribution in [0.1, 0.15) is 46.5 Å². The first kappa shape index (κ1) is 17.9. The summed E-state index contributed by atoms with van der Waals surface area (Å²) >= 11 is 0. The van der Waals surface area contributed by atoms with E-state index in [4.69, 9.17) is 0 Å². The quantitative estimate of drug-likeness (QED) is 0.783. The molecule has 4 nitrogen and oxygen atoms in total. The van der Waals surface area contributed by atoms with Crippen LogP contribution in [-0.4, -0.2) is 57.1 Å². The summed E-state index contributed by atoms with van der Waals surface area (Å²) in [6.07, 6.45) is 4.52. The van der Waals surface area contributed by atoms with Crippen LogP contribution in [0.2, 0.25) is 0 Å². The maximum Gasteiger partial charge on any atom is 0.213 e. The minimum atomic E-state index is -3.04. The van der Waals surface area contributed by atoms with Gasteiger partial charge >= 0.3 is 0 Å². The van der Waals surface area contributed by atoms with Gasteiger partial charge in [-0.25, -0.2) is 12.7 Å². The summed E-state index contributed by atoms with van der Waals surface area (Å²) in [4.78, 5) is 2.44. The second kappa shape index (κ2) is 7.23. The summed E-state index contributed by atoms with van der Waals surface area (Å²) in [5, 5.41) is 0. The summed E-state index contributed by atoms with van der Waals surface area (Å²) in [5.41, 5.74) is 0.393. The van der Waals surface area contributed by atoms with Gasteiger partial charge in [0.05, 0.1) is 5.75 Å². The molecule has 1 unspecified atom stereocenters. The smallest absolute Gasteiger partial charge is 0.213 e. The zero-order valence-electron chi connectivity index (χ0n) is 13.9. The van der Waals surface area contributed by atoms with Crippen LogP contribution in [0.4, 0.5) is 0 Å². The molecular weight excluding hydrogens is 272 g/mol. The molecule has 1 rings (SSSR count). The molecule has 120 valence electrons. The average Bonchev–Trinajstić information content (AvgIpc) is 2.53. The SMILES string of the molecule is CN(C)S(=O)(=O)CCCN1CCCC(C(C)(C)C)CC1. The lowest BCUT2D eigenvalue weighted by Crippen LogP contribution is -2.30. The first-order valence-electron chi connectivity index (χ1n) is 7.75. The van der Waals surface area contributed by atoms with Crippen molar-refractivity contribution in [3.05, 3.63) is 0 Å². The van der Waals surface area contributed by atoms with Gasteiger partial charge in [-0.1, -0.05) is 20.8 Å². The van der Waals surface area contributed by atoms with Crippen LogP contribution < -0.4 is 0 Å². The Bertz CT molecular complexity index is 385. The number of rotatable bonds is 5. The summed E-state index contributed by atoms with van der Waals surface area (Å²) in [7, 11) is 0.177. The van der Waals surface area contributed by atoms with E-state index in [0.29, 0.717) is 5.41 Å². The minimum absolute atomic E-state index is 0.263. The van der Waals surface area contributed by atoms with Crippen LogP contribution in [0.5, 0.6) is 0 Å². The first-order chi connectivity index (χ1) is 9.13. The van der Waals surface area contributed by atoms with Gasteiger partial charge in [-0.15, -0.1) is 0 Å². The van der Waals surface area contributed by atoms with Crippen LogP contribution in [0.3, 0.4) is 0 Å². The first-order valence-corrected chi connectivity index (χ1v) is 9.36. The minimum Gasteiger partial charge on any atom is -0.303 e. The molecule has 0 aliphatic carbocycles. The van der Waals surface area contributed by atoms with Crippen molar-refractivity contribution in [1.29, 1.82) is 0 Å². The Morgan fingerprint density at radius 1 is 1.15 bits per heavy atom. The Balaban J connectivity index is 2.37. The van der Waals surface area contributed by atoms with E-state index < -0.39 is 10.0 Å². The Labute approximate surface area is 125 Å². The van der Waals surface area contributed by atoms with E-state index in [1.165, 1.54) is 23.6 Å². The highest BCUT2D eigenvalue weighted by molar-refractivity contribution is 7.89. The number of hydrogen-bond donors (Lipinski definition) is 0. The summed E-state index contributed by atoms with van der Waals surface area (Å²) in [5.74, 6) is 1.05. The summed E-state index contributed by atoms with van der Waals surface area (Å²) in [6.45, 7) is 10.1. The largest absolute Gasteiger partial charge is 0.303 e. The maximum absolute atomic E-state index is 11.7. The predicted molar refractivity (Wildman–Crippen MR) is 85.3 cm³/mol. The van der Waals surface area contributed by atoms with Crippen molar-refractivity contribution < 1.29 is 8.42 Å². The van der Waals surface area contributed by atoms with Gasteiger partial charge in [-0.2, -0.15) is 0 Å². The average molecular weight is 305 g/mol. The van der Waals surface area contributed by atoms with Gasteiger partial charge in [-0.3, -0.25) is 0 Å². The second-order valence-corrected chi connectivity index (χ2v) is 9.59. The zero-order chi connectivity index (χ0) is 15.4. The highest BCUT2D eigenvalue weighted by Crippen LogP contribution is 2.34. The molecule has 1 aliphatic heterocycles. The van der Waals surface area contributed by atoms with Gasteiger partial charge in [0.2, 0.25) is 10.0 Å². The van der Waals surface area contributed by atoms with E-state index in [9.17, 15) is 8.42 Å². The van der Waals surface area contributed by atoms with E-state index in [1.807, 2.05) is 0 Å². The summed E-state index contributed by atoms with van der Waals surface area (Å²) < 4.78 is 24.8. The Morgan fingerprint density at radius 3 is 2.35 bits per heavy atom. The molecule has 0 bridgehead atoms. The van der Waals surface area contributed by atoms with Gasteiger partial charge in [0.15, 0.2) is 0 Å². The Hall–Kier alpha value is -0.130. The Kier molecular flexibility index (Phi) is 6.48. The van der Waals surface area contributed by atoms with Crippen molar-refractivity contribution in [2.45, 2.75) is 46.5 Å². The normalized spacial score (nSPS) is 23.0. The molecule has 5 heteroatoms. The number of likely N-dealkylation sites (tertiary alicyclic amines) is 1. The highest BCUT2D eigenvalue weighted by atomic mass is 32.2. The van der Waals surface area contributed by atoms with Crippen molar-refractivity contribution in [3.63, 3.8) is 0 Å². The van der Waals surface area contributed by atoms with Crippen LogP contribution in [0.25, 0.3) is 0 Å². The molecule has 0 aromatic heterocycles. The molecule has 0 aromatic rings. The molecule has 20 heavy (non-hydrogen) atoms. The van der Waals surface area contributed by atoms with E-state index >= 15 is 0 Å². The molecule has 0 amide bonds. The second-order valence-electron chi connectivity index (χ2n) is 7.29. The van der Waals surface area contributed by atoms with E-state index in [2.05, 4.69) is 25.7 Å². The third-order valence-electron chi connectivity index (χ3n) is 4.48. The molecule has 0 spiro atoms. The van der Waals surface area contributed by atoms with Crippen LogP contribution in [0.15, 0.2) is 0 Å². The number of sulfonamides is 1. The van der Waals surface area contributed by atoms with Crippen LogP contribution in [-0.2, 0) is 10.0 Å². The molecule has 1 heterocycles. The highest BCUT2D eigenvalue weighted by Gasteiger charge is 2.27. The van der Waals surface area contributed by atoms with Crippen molar-refractivity contribution in [3.8, 4) is 0 Å². The van der Waals surface area contributed by atoms with E-state index in [-0.39, 0.29) is 5.75 Å². The third kappa shape index (κ3) is 5.70. The molecule has 1 aliphatic rings. The molecule has 0 aromatic carbocycles. The third-order valence-corrected chi connectivity index (χ3v) is 6.40. The van der Waals surface area contributed by atoms with Crippen molar-refractivity contribution in [2.24, 2.45) is 11.3 Å². The van der Waals surface area contributed by atoms with Crippen molar-refractivity contribution in [1.82, 2.24) is 9.21 Å². The molecule has 1 saturated heterocycles. The fourth-order valence-electron chi connectivity index (χ4n) is 2.90. The van der Waals surface area contributed by atoms with Gasteiger partial charge in [0, 0.05) is 14.1 Å². The lowest BCUT2D eigenvalue weighted by Gasteiger charge is -2.29. The molecule has 0 saturated carbocycles.